The van der Waals surface area contributed by atoms with E-state index >= 15 is 0 Å². The predicted molar refractivity (Wildman–Crippen MR) is 126 cm³/mol. The number of rotatable bonds is 9. The molecule has 1 aromatic carbocycles. The standard InChI is InChI=1S/C22H30N4O4S2/c1-4-11-26(12-5-2)32(29,30)16-8-6-15(7-9-16)21(28)24-22-19(20(23)27)17-10-13-25(3)14-18(17)31-22/h6-9H,4-5,10-14H2,1-3H3,(H2,23,27)(H,24,28)/p+1. The zero-order valence-corrected chi connectivity index (χ0v) is 20.4. The zero-order valence-electron chi connectivity index (χ0n) is 18.7. The summed E-state index contributed by atoms with van der Waals surface area (Å²) in [5, 5.41) is 3.27. The van der Waals surface area contributed by atoms with Crippen molar-refractivity contribution in [1.82, 2.24) is 4.31 Å². The van der Waals surface area contributed by atoms with Crippen LogP contribution in [0.5, 0.6) is 0 Å². The van der Waals surface area contributed by atoms with Crippen LogP contribution in [-0.4, -0.2) is 51.2 Å². The van der Waals surface area contributed by atoms with Gasteiger partial charge in [0, 0.05) is 25.1 Å². The number of amides is 2. The Morgan fingerprint density at radius 2 is 1.78 bits per heavy atom. The molecule has 0 spiro atoms. The Morgan fingerprint density at radius 3 is 2.34 bits per heavy atom. The number of fused-ring (bicyclic) bond motifs is 1. The molecule has 0 radical (unpaired) electrons. The van der Waals surface area contributed by atoms with Crippen molar-refractivity contribution in [2.24, 2.45) is 5.73 Å². The Bertz CT molecular complexity index is 1090. The summed E-state index contributed by atoms with van der Waals surface area (Å²) < 4.78 is 27.3. The van der Waals surface area contributed by atoms with Crippen LogP contribution in [0.3, 0.4) is 0 Å². The lowest BCUT2D eigenvalue weighted by molar-refractivity contribution is -0.895. The van der Waals surface area contributed by atoms with Crippen LogP contribution >= 0.6 is 11.3 Å². The molecule has 1 aliphatic rings. The highest BCUT2D eigenvalue weighted by molar-refractivity contribution is 7.89. The summed E-state index contributed by atoms with van der Waals surface area (Å²) in [5.41, 5.74) is 7.24. The number of hydrogen-bond donors (Lipinski definition) is 3. The Morgan fingerprint density at radius 1 is 1.16 bits per heavy atom. The van der Waals surface area contributed by atoms with Crippen molar-refractivity contribution < 1.29 is 22.9 Å². The van der Waals surface area contributed by atoms with E-state index in [0.29, 0.717) is 29.2 Å². The molecule has 1 aromatic heterocycles. The molecule has 0 bridgehead atoms. The fraction of sp³-hybridized carbons (Fsp3) is 0.455. The molecular formula is C22H31N4O4S2+. The first kappa shape index (κ1) is 24.4. The van der Waals surface area contributed by atoms with Gasteiger partial charge < -0.3 is 16.0 Å². The lowest BCUT2D eigenvalue weighted by Crippen LogP contribution is -3.08. The van der Waals surface area contributed by atoms with Crippen LogP contribution in [0.1, 0.15) is 57.8 Å². The second kappa shape index (κ2) is 10.1. The van der Waals surface area contributed by atoms with Gasteiger partial charge >= 0.3 is 0 Å². The van der Waals surface area contributed by atoms with E-state index in [2.05, 4.69) is 12.4 Å². The van der Waals surface area contributed by atoms with Gasteiger partial charge in [0.2, 0.25) is 10.0 Å². The SMILES string of the molecule is CCCN(CCC)S(=O)(=O)c1ccc(C(=O)Nc2sc3c(c2C(N)=O)CC[NH+](C)C3)cc1. The van der Waals surface area contributed by atoms with Crippen molar-refractivity contribution in [3.8, 4) is 0 Å². The number of carbonyl (C=O) groups excluding carboxylic acids is 2. The number of nitrogens with one attached hydrogen (secondary N) is 2. The van der Waals surface area contributed by atoms with Crippen molar-refractivity contribution in [3.05, 3.63) is 45.8 Å². The molecular weight excluding hydrogens is 448 g/mol. The maximum absolute atomic E-state index is 12.9. The summed E-state index contributed by atoms with van der Waals surface area (Å²) in [5.74, 6) is -0.958. The Balaban J connectivity index is 1.82. The highest BCUT2D eigenvalue weighted by Gasteiger charge is 2.29. The van der Waals surface area contributed by atoms with Gasteiger partial charge in [0.15, 0.2) is 0 Å². The molecule has 1 atom stereocenters. The minimum Gasteiger partial charge on any atom is -0.365 e. The van der Waals surface area contributed by atoms with E-state index in [1.54, 1.807) is 0 Å². The van der Waals surface area contributed by atoms with Gasteiger partial charge in [0.25, 0.3) is 11.8 Å². The van der Waals surface area contributed by atoms with E-state index in [1.165, 1.54) is 44.8 Å². The highest BCUT2D eigenvalue weighted by atomic mass is 32.2. The Hall–Kier alpha value is -2.27. The topological polar surface area (TPSA) is 114 Å². The minimum absolute atomic E-state index is 0.159. The molecule has 1 aliphatic heterocycles. The third-order valence-electron chi connectivity index (χ3n) is 5.53. The number of nitrogens with two attached hydrogens (primary N) is 1. The van der Waals surface area contributed by atoms with E-state index in [1.807, 2.05) is 13.8 Å². The van der Waals surface area contributed by atoms with Crippen molar-refractivity contribution >= 4 is 38.2 Å². The first-order valence-corrected chi connectivity index (χ1v) is 13.1. The van der Waals surface area contributed by atoms with Crippen LogP contribution in [0.25, 0.3) is 0 Å². The van der Waals surface area contributed by atoms with Gasteiger partial charge in [-0.2, -0.15) is 4.31 Å². The maximum atomic E-state index is 12.9. The van der Waals surface area contributed by atoms with E-state index in [0.717, 1.165) is 42.8 Å². The molecule has 2 aromatic rings. The molecule has 174 valence electrons. The Kier molecular flexibility index (Phi) is 7.71. The van der Waals surface area contributed by atoms with Gasteiger partial charge in [-0.05, 0) is 42.7 Å². The van der Waals surface area contributed by atoms with E-state index in [-0.39, 0.29) is 4.90 Å². The number of benzene rings is 1. The van der Waals surface area contributed by atoms with Gasteiger partial charge in [-0.25, -0.2) is 8.42 Å². The largest absolute Gasteiger partial charge is 0.365 e. The smallest absolute Gasteiger partial charge is 0.256 e. The number of likely N-dealkylation sites (N-methyl/N-ethyl adjacent to an activating group) is 1. The van der Waals surface area contributed by atoms with Gasteiger partial charge in [-0.1, -0.05) is 13.8 Å². The van der Waals surface area contributed by atoms with E-state index in [9.17, 15) is 18.0 Å². The van der Waals surface area contributed by atoms with Crippen LogP contribution < -0.4 is 16.0 Å². The third-order valence-corrected chi connectivity index (χ3v) is 8.59. The Labute approximate surface area is 193 Å². The molecule has 0 saturated carbocycles. The average molecular weight is 480 g/mol. The van der Waals surface area contributed by atoms with Crippen LogP contribution in [0.2, 0.25) is 0 Å². The number of hydrogen-bond acceptors (Lipinski definition) is 5. The number of anilines is 1. The summed E-state index contributed by atoms with van der Waals surface area (Å²) >= 11 is 1.38. The molecule has 32 heavy (non-hydrogen) atoms. The van der Waals surface area contributed by atoms with Crippen LogP contribution in [0.4, 0.5) is 5.00 Å². The number of carbonyl (C=O) groups is 2. The quantitative estimate of drug-likeness (QED) is 0.505. The number of nitrogens with zero attached hydrogens (tertiary/aromatic N) is 1. The molecule has 0 fully saturated rings. The molecule has 3 rings (SSSR count). The molecule has 0 saturated heterocycles. The number of quaternary nitrogens is 1. The maximum Gasteiger partial charge on any atom is 0.256 e. The van der Waals surface area contributed by atoms with Crippen molar-refractivity contribution in [1.29, 1.82) is 0 Å². The first-order valence-electron chi connectivity index (χ1n) is 10.9. The fourth-order valence-corrected chi connectivity index (χ4v) is 6.91. The predicted octanol–water partition coefficient (Wildman–Crippen LogP) is 1.48. The van der Waals surface area contributed by atoms with Crippen molar-refractivity contribution in [3.63, 3.8) is 0 Å². The second-order valence-electron chi connectivity index (χ2n) is 8.09. The lowest BCUT2D eigenvalue weighted by Gasteiger charge is -2.21. The molecule has 4 N–H and O–H groups in total. The fourth-order valence-electron chi connectivity index (χ4n) is 3.92. The molecule has 1 unspecified atom stereocenters. The molecule has 2 heterocycles. The van der Waals surface area contributed by atoms with Crippen LogP contribution in [0.15, 0.2) is 29.2 Å². The molecule has 8 nitrogen and oxygen atoms in total. The summed E-state index contributed by atoms with van der Waals surface area (Å²) in [6.45, 7) is 6.47. The summed E-state index contributed by atoms with van der Waals surface area (Å²) in [4.78, 5) is 27.5. The highest BCUT2D eigenvalue weighted by Crippen LogP contribution is 2.34. The van der Waals surface area contributed by atoms with Gasteiger partial charge in [-0.3, -0.25) is 9.59 Å². The first-order chi connectivity index (χ1) is 15.2. The number of primary amides is 1. The third kappa shape index (κ3) is 5.03. The van der Waals surface area contributed by atoms with E-state index in [4.69, 9.17) is 5.73 Å². The van der Waals surface area contributed by atoms with Gasteiger partial charge in [0.1, 0.15) is 11.5 Å². The average Bonchev–Trinajstić information content (AvgIpc) is 3.10. The van der Waals surface area contributed by atoms with Crippen molar-refractivity contribution in [2.75, 3.05) is 32.0 Å². The number of sulfonamides is 1. The van der Waals surface area contributed by atoms with Gasteiger partial charge in [0.05, 0.1) is 28.9 Å². The second-order valence-corrected chi connectivity index (χ2v) is 11.1. The molecule has 10 heteroatoms. The van der Waals surface area contributed by atoms with Gasteiger partial charge in [-0.15, -0.1) is 11.3 Å². The summed E-state index contributed by atoms with van der Waals surface area (Å²) in [6.07, 6.45) is 2.19. The summed E-state index contributed by atoms with van der Waals surface area (Å²) in [6, 6.07) is 5.89. The number of thiophene rings is 1. The van der Waals surface area contributed by atoms with Crippen LogP contribution in [0, 0.1) is 0 Å². The normalized spacial score (nSPS) is 16.1. The van der Waals surface area contributed by atoms with Crippen LogP contribution in [-0.2, 0) is 23.0 Å². The van der Waals surface area contributed by atoms with Crippen molar-refractivity contribution in [2.45, 2.75) is 44.6 Å². The monoisotopic (exact) mass is 479 g/mol. The lowest BCUT2D eigenvalue weighted by atomic mass is 10.0. The molecule has 0 aliphatic carbocycles. The zero-order chi connectivity index (χ0) is 23.5. The van der Waals surface area contributed by atoms with E-state index < -0.39 is 21.8 Å². The molecule has 2 amide bonds. The minimum atomic E-state index is -3.61. The summed E-state index contributed by atoms with van der Waals surface area (Å²) in [7, 11) is -1.53.